The summed E-state index contributed by atoms with van der Waals surface area (Å²) in [5.41, 5.74) is 3.71. The highest BCUT2D eigenvalue weighted by Gasteiger charge is 2.16. The molecule has 0 radical (unpaired) electrons. The monoisotopic (exact) mass is 400 g/mol. The van der Waals surface area contributed by atoms with Gasteiger partial charge < -0.3 is 5.32 Å². The molecule has 1 aromatic carbocycles. The second-order valence-electron chi connectivity index (χ2n) is 6.08. The molecule has 2 amide bonds. The number of aromatic nitrogens is 1. The highest BCUT2D eigenvalue weighted by molar-refractivity contribution is 8.17. The van der Waals surface area contributed by atoms with Crippen LogP contribution in [-0.2, 0) is 16.0 Å². The lowest BCUT2D eigenvalue weighted by Gasteiger charge is -2.08. The van der Waals surface area contributed by atoms with E-state index >= 15 is 0 Å². The first-order valence-corrected chi connectivity index (χ1v) is 10.2. The van der Waals surface area contributed by atoms with Crippen LogP contribution in [0.3, 0.4) is 0 Å². The Bertz CT molecular complexity index is 934. The number of rotatable bonds is 4. The molecule has 0 bridgehead atoms. The van der Waals surface area contributed by atoms with Gasteiger partial charge in [0, 0.05) is 23.1 Å². The predicted octanol–water partition coefficient (Wildman–Crippen LogP) is 4.66. The number of nitrogens with one attached hydrogen (secondary N) is 3. The van der Waals surface area contributed by atoms with Crippen LogP contribution in [0.1, 0.15) is 32.3 Å². The fourth-order valence-corrected chi connectivity index (χ4v) is 4.06. The van der Waals surface area contributed by atoms with Crippen LogP contribution in [0.5, 0.6) is 0 Å². The number of nitrogens with zero attached hydrogens (tertiary/aromatic N) is 1. The summed E-state index contributed by atoms with van der Waals surface area (Å²) in [5, 5.41) is 16.0. The zero-order valence-electron chi connectivity index (χ0n) is 15.1. The van der Waals surface area contributed by atoms with Gasteiger partial charge in [0.15, 0.2) is 5.13 Å². The minimum atomic E-state index is -0.264. The topological polar surface area (TPSA) is 94.9 Å². The summed E-state index contributed by atoms with van der Waals surface area (Å²) >= 11 is 2.48. The summed E-state index contributed by atoms with van der Waals surface area (Å²) < 4.78 is 0. The Morgan fingerprint density at radius 1 is 1.41 bits per heavy atom. The third kappa shape index (κ3) is 4.84. The number of fused-ring (bicyclic) bond motifs is 1. The van der Waals surface area contributed by atoms with E-state index in [1.807, 2.05) is 23.6 Å². The lowest BCUT2D eigenvalue weighted by molar-refractivity contribution is -0.116. The van der Waals surface area contributed by atoms with Gasteiger partial charge in [-0.15, -0.1) is 11.3 Å². The van der Waals surface area contributed by atoms with Crippen LogP contribution in [0, 0.1) is 5.41 Å². The van der Waals surface area contributed by atoms with E-state index in [2.05, 4.69) is 15.6 Å². The molecule has 6 nitrogen and oxygen atoms in total. The minimum absolute atomic E-state index is 0.0537. The van der Waals surface area contributed by atoms with Crippen molar-refractivity contribution in [2.45, 2.75) is 33.1 Å². The molecule has 0 atom stereocenters. The average Bonchev–Trinajstić information content (AvgIpc) is 3.00. The Labute approximate surface area is 166 Å². The maximum atomic E-state index is 12.3. The molecule has 8 heteroatoms. The average molecular weight is 401 g/mol. The normalized spacial score (nSPS) is 14.1. The smallest absolute Gasteiger partial charge is 0.263 e. The van der Waals surface area contributed by atoms with Crippen LogP contribution in [-0.4, -0.2) is 21.8 Å². The first-order chi connectivity index (χ1) is 13.0. The fourth-order valence-electron chi connectivity index (χ4n) is 2.76. The first-order valence-electron chi connectivity index (χ1n) is 8.55. The van der Waals surface area contributed by atoms with E-state index in [0.717, 1.165) is 47.1 Å². The number of anilines is 2. The molecule has 0 spiro atoms. The maximum Gasteiger partial charge on any atom is 0.263 e. The first kappa shape index (κ1) is 19.3. The number of carbonyl (C=O) groups is 2. The van der Waals surface area contributed by atoms with Crippen LogP contribution < -0.4 is 10.6 Å². The van der Waals surface area contributed by atoms with E-state index in [4.69, 9.17) is 5.41 Å². The van der Waals surface area contributed by atoms with Gasteiger partial charge in [-0.3, -0.25) is 20.3 Å². The number of amides is 2. The Morgan fingerprint density at radius 2 is 2.22 bits per heavy atom. The Morgan fingerprint density at radius 3 is 2.96 bits per heavy atom. The Hall–Kier alpha value is -2.45. The number of aryl methyl sites for hydroxylation is 1. The highest BCUT2D eigenvalue weighted by Crippen LogP contribution is 2.31. The van der Waals surface area contributed by atoms with Crippen molar-refractivity contribution in [3.8, 4) is 11.3 Å². The molecule has 0 saturated carbocycles. The highest BCUT2D eigenvalue weighted by atomic mass is 32.2. The molecular weight excluding hydrogens is 380 g/mol. The van der Waals surface area contributed by atoms with Gasteiger partial charge in [-0.25, -0.2) is 4.98 Å². The molecule has 3 N–H and O–H groups in total. The van der Waals surface area contributed by atoms with Gasteiger partial charge in [0.2, 0.25) is 5.91 Å². The van der Waals surface area contributed by atoms with Crippen LogP contribution in [0.25, 0.3) is 11.3 Å². The zero-order valence-corrected chi connectivity index (χ0v) is 16.7. The molecule has 1 aliphatic rings. The van der Waals surface area contributed by atoms with Gasteiger partial charge >= 0.3 is 0 Å². The van der Waals surface area contributed by atoms with Crippen molar-refractivity contribution in [1.82, 2.24) is 4.98 Å². The molecule has 1 aromatic heterocycles. The fraction of sp³-hybridized carbons (Fsp3) is 0.263. The number of hydrogen-bond donors (Lipinski definition) is 3. The van der Waals surface area contributed by atoms with Crippen molar-refractivity contribution >= 4 is 50.8 Å². The van der Waals surface area contributed by atoms with Gasteiger partial charge in [0.05, 0.1) is 15.6 Å². The zero-order chi connectivity index (χ0) is 19.4. The van der Waals surface area contributed by atoms with E-state index in [-0.39, 0.29) is 11.8 Å². The standard InChI is InChI=1S/C19H20N4O2S2/c1-3-16(27-11(2)20)18(25)23-19-22-15(10-26-19)13-7-8-14-12(9-13)5-4-6-17(24)21-14/h3,7-10,20H,4-6H2,1-2H3,(H,21,24)(H,22,23,25)/b16-3+,20-11?. The molecule has 0 unspecified atom stereocenters. The summed E-state index contributed by atoms with van der Waals surface area (Å²) in [4.78, 5) is 29.0. The van der Waals surface area contributed by atoms with Crippen molar-refractivity contribution in [3.63, 3.8) is 0 Å². The molecule has 1 aliphatic heterocycles. The van der Waals surface area contributed by atoms with Gasteiger partial charge in [0.1, 0.15) is 0 Å². The van der Waals surface area contributed by atoms with E-state index in [0.29, 0.717) is 21.5 Å². The quantitative estimate of drug-likeness (QED) is 0.395. The SMILES string of the molecule is C/C=C(/SC(C)=N)C(=O)Nc1nc(-c2ccc3c(c2)CCCC(=O)N3)cs1. The van der Waals surface area contributed by atoms with E-state index in [1.54, 1.807) is 19.9 Å². The summed E-state index contributed by atoms with van der Waals surface area (Å²) in [6, 6.07) is 5.89. The van der Waals surface area contributed by atoms with Crippen molar-refractivity contribution in [1.29, 1.82) is 5.41 Å². The van der Waals surface area contributed by atoms with Crippen LogP contribution in [0.4, 0.5) is 10.8 Å². The second-order valence-corrected chi connectivity index (χ2v) is 8.19. The van der Waals surface area contributed by atoms with Crippen LogP contribution >= 0.6 is 23.1 Å². The van der Waals surface area contributed by atoms with E-state index in [1.165, 1.54) is 11.3 Å². The van der Waals surface area contributed by atoms with Crippen molar-refractivity contribution < 1.29 is 9.59 Å². The molecule has 2 aromatic rings. The lowest BCUT2D eigenvalue weighted by atomic mass is 10.0. The molecule has 2 heterocycles. The van der Waals surface area contributed by atoms with Gasteiger partial charge in [-0.1, -0.05) is 23.9 Å². The molecule has 0 saturated heterocycles. The lowest BCUT2D eigenvalue weighted by Crippen LogP contribution is -2.13. The third-order valence-electron chi connectivity index (χ3n) is 4.00. The van der Waals surface area contributed by atoms with E-state index in [9.17, 15) is 9.59 Å². The van der Waals surface area contributed by atoms with Crippen LogP contribution in [0.15, 0.2) is 34.6 Å². The molecule has 0 fully saturated rings. The molecular formula is C19H20N4O2S2. The minimum Gasteiger partial charge on any atom is -0.326 e. The van der Waals surface area contributed by atoms with Crippen molar-refractivity contribution in [2.75, 3.05) is 10.6 Å². The number of benzene rings is 1. The van der Waals surface area contributed by atoms with Gasteiger partial charge in [0.25, 0.3) is 5.91 Å². The molecule has 27 heavy (non-hydrogen) atoms. The summed E-state index contributed by atoms with van der Waals surface area (Å²) in [6.45, 7) is 3.41. The number of thiazole rings is 1. The van der Waals surface area contributed by atoms with Crippen molar-refractivity contribution in [3.05, 3.63) is 40.1 Å². The molecule has 3 rings (SSSR count). The van der Waals surface area contributed by atoms with Crippen LogP contribution in [0.2, 0.25) is 0 Å². The van der Waals surface area contributed by atoms with Gasteiger partial charge in [-0.05, 0) is 44.4 Å². The van der Waals surface area contributed by atoms with E-state index < -0.39 is 0 Å². The summed E-state index contributed by atoms with van der Waals surface area (Å²) in [7, 11) is 0. The number of hydrogen-bond acceptors (Lipinski definition) is 6. The molecule has 0 aliphatic carbocycles. The second kappa shape index (κ2) is 8.49. The number of thioether (sulfide) groups is 1. The predicted molar refractivity (Wildman–Crippen MR) is 112 cm³/mol. The maximum absolute atomic E-state index is 12.3. The summed E-state index contributed by atoms with van der Waals surface area (Å²) in [6.07, 6.45) is 3.90. The largest absolute Gasteiger partial charge is 0.326 e. The molecule has 140 valence electrons. The number of allylic oxidation sites excluding steroid dienone is 1. The van der Waals surface area contributed by atoms with Crippen molar-refractivity contribution in [2.24, 2.45) is 0 Å². The Kier molecular flexibility index (Phi) is 6.08. The third-order valence-corrected chi connectivity index (χ3v) is 5.70. The Balaban J connectivity index is 1.76. The summed E-state index contributed by atoms with van der Waals surface area (Å²) in [5.74, 6) is -0.211. The number of carbonyl (C=O) groups excluding carboxylic acids is 2. The van der Waals surface area contributed by atoms with Gasteiger partial charge in [-0.2, -0.15) is 0 Å².